The largest absolute Gasteiger partial charge is 0.507 e. The molecule has 1 unspecified atom stereocenters. The third-order valence-corrected chi connectivity index (χ3v) is 6.59. The predicted octanol–water partition coefficient (Wildman–Crippen LogP) is 5.42. The Bertz CT molecular complexity index is 1270. The van der Waals surface area contributed by atoms with Crippen molar-refractivity contribution in [1.29, 1.82) is 0 Å². The van der Waals surface area contributed by atoms with Gasteiger partial charge in [0, 0.05) is 5.92 Å². The summed E-state index contributed by atoms with van der Waals surface area (Å²) in [6.07, 6.45) is -2.88. The molecule has 2 N–H and O–H groups in total. The number of benzene rings is 2. The average molecular weight is 491 g/mol. The number of phenols is 1. The van der Waals surface area contributed by atoms with Crippen molar-refractivity contribution >= 4 is 11.0 Å². The van der Waals surface area contributed by atoms with Gasteiger partial charge in [0.1, 0.15) is 18.0 Å². The highest BCUT2D eigenvalue weighted by atomic mass is 19.4. The summed E-state index contributed by atoms with van der Waals surface area (Å²) in [6.45, 7) is 10.1. The molecule has 0 bridgehead atoms. The molecule has 0 radical (unpaired) electrons. The first-order chi connectivity index (χ1) is 16.3. The molecule has 0 saturated carbocycles. The SMILES string of the molecule is C[C@@H]1CCC[NH+](Cc2c(O)ccc3c(=O)c(Oc4ccc(C(C)(C)C)cc4)c(C(F)(F)F)oc23)C1. The molecule has 8 heteroatoms. The van der Waals surface area contributed by atoms with Crippen molar-refractivity contribution < 1.29 is 32.3 Å². The Kier molecular flexibility index (Phi) is 6.62. The van der Waals surface area contributed by atoms with Gasteiger partial charge >= 0.3 is 6.18 Å². The fraction of sp³-hybridized carbons (Fsp3) is 0.444. The van der Waals surface area contributed by atoms with Gasteiger partial charge in [0.15, 0.2) is 5.58 Å². The molecule has 1 saturated heterocycles. The number of rotatable bonds is 4. The van der Waals surface area contributed by atoms with Crippen LogP contribution in [0.5, 0.6) is 17.2 Å². The maximum Gasteiger partial charge on any atom is 0.453 e. The zero-order valence-corrected chi connectivity index (χ0v) is 20.4. The number of phenolic OH excluding ortho intramolecular Hbond substituents is 1. The van der Waals surface area contributed by atoms with E-state index in [1.54, 1.807) is 12.1 Å². The Hall–Kier alpha value is -3.00. The Labute approximate surface area is 202 Å². The van der Waals surface area contributed by atoms with E-state index in [-0.39, 0.29) is 40.0 Å². The molecule has 4 rings (SSSR count). The molecular weight excluding hydrogens is 459 g/mol. The fourth-order valence-electron chi connectivity index (χ4n) is 4.69. The molecule has 2 heterocycles. The summed E-state index contributed by atoms with van der Waals surface area (Å²) < 4.78 is 53.0. The van der Waals surface area contributed by atoms with Gasteiger partial charge in [-0.1, -0.05) is 39.8 Å². The van der Waals surface area contributed by atoms with Gasteiger partial charge in [-0.05, 0) is 48.1 Å². The van der Waals surface area contributed by atoms with Gasteiger partial charge in [-0.15, -0.1) is 0 Å². The standard InChI is InChI=1S/C27H30F3NO4/c1-16-6-5-13-31(14-16)15-20-21(32)12-11-19-22(33)24(25(27(28,29)30)35-23(19)20)34-18-9-7-17(8-10-18)26(2,3)4/h7-12,16,32H,5-6,13-15H2,1-4H3/p+1/t16-/m1/s1. The zero-order chi connectivity index (χ0) is 25.5. The molecule has 0 amide bonds. The minimum atomic E-state index is -4.97. The van der Waals surface area contributed by atoms with Crippen molar-refractivity contribution in [2.75, 3.05) is 13.1 Å². The molecule has 1 aromatic heterocycles. The Morgan fingerprint density at radius 3 is 2.40 bits per heavy atom. The van der Waals surface area contributed by atoms with Gasteiger partial charge in [0.05, 0.1) is 24.0 Å². The average Bonchev–Trinajstić information content (AvgIpc) is 2.76. The number of hydrogen-bond donors (Lipinski definition) is 2. The van der Waals surface area contributed by atoms with E-state index in [0.717, 1.165) is 36.4 Å². The van der Waals surface area contributed by atoms with E-state index in [9.17, 15) is 23.1 Å². The smallest absolute Gasteiger partial charge is 0.453 e. The summed E-state index contributed by atoms with van der Waals surface area (Å²) in [5, 5.41) is 10.4. The van der Waals surface area contributed by atoms with E-state index in [1.165, 1.54) is 24.3 Å². The van der Waals surface area contributed by atoms with Gasteiger partial charge in [-0.3, -0.25) is 4.79 Å². The van der Waals surface area contributed by atoms with Crippen LogP contribution in [-0.4, -0.2) is 18.2 Å². The number of fused-ring (bicyclic) bond motifs is 1. The summed E-state index contributed by atoms with van der Waals surface area (Å²) in [5.41, 5.74) is -0.147. The first kappa shape index (κ1) is 25.1. The van der Waals surface area contributed by atoms with Crippen LogP contribution >= 0.6 is 0 Å². The number of alkyl halides is 3. The predicted molar refractivity (Wildman–Crippen MR) is 127 cm³/mol. The van der Waals surface area contributed by atoms with Crippen molar-refractivity contribution in [1.82, 2.24) is 0 Å². The lowest BCUT2D eigenvalue weighted by atomic mass is 9.87. The van der Waals surface area contributed by atoms with Crippen LogP contribution in [0.25, 0.3) is 11.0 Å². The first-order valence-corrected chi connectivity index (χ1v) is 11.9. The summed E-state index contributed by atoms with van der Waals surface area (Å²) in [4.78, 5) is 14.4. The fourth-order valence-corrected chi connectivity index (χ4v) is 4.69. The summed E-state index contributed by atoms with van der Waals surface area (Å²) in [5.74, 6) is -2.04. The normalized spacial score (nSPS) is 19.2. The van der Waals surface area contributed by atoms with E-state index in [2.05, 4.69) is 6.92 Å². The van der Waals surface area contributed by atoms with E-state index >= 15 is 0 Å². The van der Waals surface area contributed by atoms with Crippen LogP contribution in [0.4, 0.5) is 13.2 Å². The first-order valence-electron chi connectivity index (χ1n) is 11.9. The molecule has 188 valence electrons. The van der Waals surface area contributed by atoms with Crippen molar-refractivity contribution in [3.63, 3.8) is 0 Å². The molecule has 1 aliphatic heterocycles. The molecule has 0 spiro atoms. The van der Waals surface area contributed by atoms with Crippen molar-refractivity contribution in [2.24, 2.45) is 5.92 Å². The molecule has 2 aromatic carbocycles. The Morgan fingerprint density at radius 1 is 1.11 bits per heavy atom. The van der Waals surface area contributed by atoms with Crippen LogP contribution in [-0.2, 0) is 18.1 Å². The van der Waals surface area contributed by atoms with Crippen LogP contribution in [0.2, 0.25) is 0 Å². The summed E-state index contributed by atoms with van der Waals surface area (Å²) in [6, 6.07) is 9.19. The molecule has 5 nitrogen and oxygen atoms in total. The lowest BCUT2D eigenvalue weighted by Crippen LogP contribution is -3.12. The number of likely N-dealkylation sites (tertiary alicyclic amines) is 1. The summed E-state index contributed by atoms with van der Waals surface area (Å²) >= 11 is 0. The topological polar surface area (TPSA) is 64.1 Å². The van der Waals surface area contributed by atoms with Crippen LogP contribution in [0.1, 0.15) is 57.4 Å². The van der Waals surface area contributed by atoms with E-state index in [4.69, 9.17) is 9.15 Å². The lowest BCUT2D eigenvalue weighted by molar-refractivity contribution is -0.922. The number of ether oxygens (including phenoxy) is 1. The lowest BCUT2D eigenvalue weighted by Gasteiger charge is -2.28. The molecule has 35 heavy (non-hydrogen) atoms. The van der Waals surface area contributed by atoms with Crippen LogP contribution in [0.15, 0.2) is 45.6 Å². The molecule has 1 fully saturated rings. The van der Waals surface area contributed by atoms with Crippen LogP contribution in [0.3, 0.4) is 0 Å². The van der Waals surface area contributed by atoms with E-state index < -0.39 is 23.1 Å². The molecule has 1 aliphatic rings. The summed E-state index contributed by atoms with van der Waals surface area (Å²) in [7, 11) is 0. The van der Waals surface area contributed by atoms with Gasteiger partial charge in [-0.25, -0.2) is 0 Å². The number of hydrogen-bond acceptors (Lipinski definition) is 4. The van der Waals surface area contributed by atoms with Crippen LogP contribution in [0, 0.1) is 5.92 Å². The third-order valence-electron chi connectivity index (χ3n) is 6.59. The number of quaternary nitrogens is 1. The van der Waals surface area contributed by atoms with Crippen molar-refractivity contribution in [2.45, 2.75) is 58.7 Å². The molecular formula is C27H31F3NO4+. The van der Waals surface area contributed by atoms with Crippen molar-refractivity contribution in [3.8, 4) is 17.2 Å². The second-order valence-electron chi connectivity index (χ2n) is 10.5. The van der Waals surface area contributed by atoms with E-state index in [0.29, 0.717) is 5.92 Å². The molecule has 3 aromatic rings. The van der Waals surface area contributed by atoms with Crippen molar-refractivity contribution in [3.05, 3.63) is 63.5 Å². The van der Waals surface area contributed by atoms with Gasteiger partial charge in [-0.2, -0.15) is 13.2 Å². The van der Waals surface area contributed by atoms with Crippen LogP contribution < -0.4 is 15.1 Å². The second-order valence-corrected chi connectivity index (χ2v) is 10.5. The number of nitrogens with one attached hydrogen (secondary N) is 1. The Balaban J connectivity index is 1.81. The Morgan fingerprint density at radius 2 is 1.80 bits per heavy atom. The quantitative estimate of drug-likeness (QED) is 0.513. The highest BCUT2D eigenvalue weighted by molar-refractivity contribution is 5.83. The highest BCUT2D eigenvalue weighted by Crippen LogP contribution is 2.40. The zero-order valence-electron chi connectivity index (χ0n) is 20.4. The minimum absolute atomic E-state index is 0.0587. The maximum atomic E-state index is 14.0. The van der Waals surface area contributed by atoms with E-state index in [1.807, 2.05) is 20.8 Å². The van der Waals surface area contributed by atoms with Gasteiger partial charge < -0.3 is 19.2 Å². The van der Waals surface area contributed by atoms with Gasteiger partial charge in [0.25, 0.3) is 5.76 Å². The third kappa shape index (κ3) is 5.32. The highest BCUT2D eigenvalue weighted by Gasteiger charge is 2.41. The maximum absolute atomic E-state index is 14.0. The number of aromatic hydroxyl groups is 1. The number of piperidine rings is 1. The molecule has 0 aliphatic carbocycles. The second kappa shape index (κ2) is 9.22. The molecule has 2 atom stereocenters. The number of halogens is 3. The van der Waals surface area contributed by atoms with Gasteiger partial charge in [0.2, 0.25) is 11.2 Å². The monoisotopic (exact) mass is 490 g/mol. The minimum Gasteiger partial charge on any atom is -0.507 e.